The molecule has 0 aromatic carbocycles. The van der Waals surface area contributed by atoms with Crippen molar-refractivity contribution in [2.45, 2.75) is 33.7 Å². The summed E-state index contributed by atoms with van der Waals surface area (Å²) in [4.78, 5) is 7.37. The summed E-state index contributed by atoms with van der Waals surface area (Å²) in [6.45, 7) is 0. The van der Waals surface area contributed by atoms with Crippen LogP contribution in [0, 0.1) is 0 Å². The molecule has 0 spiro atoms. The molecule has 0 aromatic rings. The molecule has 2 N–H and O–H groups in total. The van der Waals surface area contributed by atoms with Gasteiger partial charge in [-0.25, -0.2) is 0 Å². The van der Waals surface area contributed by atoms with Crippen molar-refractivity contribution in [1.29, 1.82) is 0 Å². The summed E-state index contributed by atoms with van der Waals surface area (Å²) in [5.41, 5.74) is 5.78. The first kappa shape index (κ1) is 8.59. The average Bonchev–Trinajstić information content (AvgIpc) is 2.11. The molecule has 1 nitrogen and oxygen atoms in total. The first-order chi connectivity index (χ1) is 4.50. The second kappa shape index (κ2) is 2.86. The Hall–Kier alpha value is 0.499. The third kappa shape index (κ3) is 1.99. The Kier molecular flexibility index (Phi) is 2.45. The van der Waals surface area contributed by atoms with Crippen molar-refractivity contribution in [3.05, 3.63) is 9.67 Å². The summed E-state index contributed by atoms with van der Waals surface area (Å²) >= 11 is -1.66. The van der Waals surface area contributed by atoms with E-state index in [1.54, 1.807) is 3.59 Å². The summed E-state index contributed by atoms with van der Waals surface area (Å²) < 4.78 is 1.74. The van der Waals surface area contributed by atoms with Gasteiger partial charge in [0.05, 0.1) is 0 Å². The van der Waals surface area contributed by atoms with Crippen molar-refractivity contribution < 1.29 is 0 Å². The molecule has 10 heavy (non-hydrogen) atoms. The van der Waals surface area contributed by atoms with Gasteiger partial charge in [0.2, 0.25) is 0 Å². The summed E-state index contributed by atoms with van der Waals surface area (Å²) in [5.74, 6) is 0. The van der Waals surface area contributed by atoms with Crippen LogP contribution in [0.3, 0.4) is 0 Å². The second-order valence-corrected chi connectivity index (χ2v) is 18.8. The molecule has 1 atom stereocenters. The minimum atomic E-state index is -1.66. The van der Waals surface area contributed by atoms with Gasteiger partial charge in [0, 0.05) is 0 Å². The van der Waals surface area contributed by atoms with Crippen molar-refractivity contribution in [2.24, 2.45) is 5.73 Å². The van der Waals surface area contributed by atoms with E-state index in [0.717, 1.165) is 0 Å². The molecule has 2 heteroatoms. The van der Waals surface area contributed by atoms with E-state index in [0.29, 0.717) is 6.04 Å². The molecule has 0 bridgehead atoms. The van der Waals surface area contributed by atoms with E-state index >= 15 is 0 Å². The summed E-state index contributed by atoms with van der Waals surface area (Å²) in [6, 6.07) is 0.380. The zero-order chi connectivity index (χ0) is 7.78. The number of hydrogen-bond acceptors (Lipinski definition) is 1. The van der Waals surface area contributed by atoms with Crippen LogP contribution in [0.15, 0.2) is 9.67 Å². The standard InChI is InChI=1S/C5H8N.3CH3.Sn/c6-5-3-1-2-4-5;;;;/h4-5H,1,3,6H2;3*1H3;. The minimum absolute atomic E-state index is 0.380. The Morgan fingerprint density at radius 3 is 2.30 bits per heavy atom. The Morgan fingerprint density at radius 2 is 2.10 bits per heavy atom. The van der Waals surface area contributed by atoms with E-state index in [4.69, 9.17) is 5.73 Å². The fourth-order valence-corrected chi connectivity index (χ4v) is 5.96. The van der Waals surface area contributed by atoms with E-state index in [1.807, 2.05) is 0 Å². The Bertz CT molecular complexity index is 155. The topological polar surface area (TPSA) is 26.0 Å². The molecule has 0 saturated carbocycles. The molecular weight excluding hydrogens is 229 g/mol. The van der Waals surface area contributed by atoms with Crippen molar-refractivity contribution in [3.8, 4) is 0 Å². The van der Waals surface area contributed by atoms with Crippen LogP contribution in [0.25, 0.3) is 0 Å². The monoisotopic (exact) mass is 247 g/mol. The van der Waals surface area contributed by atoms with E-state index in [9.17, 15) is 0 Å². The normalized spacial score (nSPS) is 26.8. The molecular formula is C8H17NSn. The maximum atomic E-state index is 5.78. The summed E-state index contributed by atoms with van der Waals surface area (Å²) in [7, 11) is 0. The number of rotatable bonds is 1. The van der Waals surface area contributed by atoms with Crippen LogP contribution < -0.4 is 5.73 Å². The second-order valence-electron chi connectivity index (χ2n) is 4.14. The van der Waals surface area contributed by atoms with Crippen LogP contribution in [-0.2, 0) is 0 Å². The first-order valence-electron chi connectivity index (χ1n) is 3.97. The predicted octanol–water partition coefficient (Wildman–Crippen LogP) is 1.91. The molecule has 0 heterocycles. The Labute approximate surface area is 67.6 Å². The van der Waals surface area contributed by atoms with Crippen LogP contribution in [0.1, 0.15) is 12.8 Å². The van der Waals surface area contributed by atoms with Crippen molar-refractivity contribution >= 4 is 18.4 Å². The van der Waals surface area contributed by atoms with Crippen molar-refractivity contribution in [2.75, 3.05) is 0 Å². The number of hydrogen-bond donors (Lipinski definition) is 1. The van der Waals surface area contributed by atoms with E-state index in [-0.39, 0.29) is 0 Å². The van der Waals surface area contributed by atoms with Gasteiger partial charge in [-0.1, -0.05) is 0 Å². The molecule has 58 valence electrons. The van der Waals surface area contributed by atoms with Gasteiger partial charge in [-0.15, -0.1) is 0 Å². The Morgan fingerprint density at radius 1 is 1.50 bits per heavy atom. The number of nitrogens with two attached hydrogens (primary N) is 1. The van der Waals surface area contributed by atoms with Gasteiger partial charge in [0.15, 0.2) is 0 Å². The molecule has 0 aliphatic heterocycles. The van der Waals surface area contributed by atoms with E-state index < -0.39 is 18.4 Å². The van der Waals surface area contributed by atoms with Gasteiger partial charge in [0.1, 0.15) is 0 Å². The van der Waals surface area contributed by atoms with Gasteiger partial charge in [-0.3, -0.25) is 0 Å². The zero-order valence-corrected chi connectivity index (χ0v) is 10.0. The summed E-state index contributed by atoms with van der Waals surface area (Å²) in [6.07, 6.45) is 4.81. The average molecular weight is 246 g/mol. The SMILES string of the molecule is [CH3][Sn]([CH3])([CH3])[C]1=CC(N)CC1. The molecule has 1 unspecified atom stereocenters. The fourth-order valence-electron chi connectivity index (χ4n) is 1.37. The van der Waals surface area contributed by atoms with E-state index in [2.05, 4.69) is 20.9 Å². The van der Waals surface area contributed by atoms with Crippen LogP contribution in [0.2, 0.25) is 14.8 Å². The zero-order valence-electron chi connectivity index (χ0n) is 7.15. The molecule has 0 fully saturated rings. The van der Waals surface area contributed by atoms with Gasteiger partial charge in [-0.2, -0.15) is 0 Å². The Balaban J connectivity index is 2.67. The fraction of sp³-hybridized carbons (Fsp3) is 0.750. The predicted molar refractivity (Wildman–Crippen MR) is 48.6 cm³/mol. The number of allylic oxidation sites excluding steroid dienone is 1. The van der Waals surface area contributed by atoms with Crippen molar-refractivity contribution in [3.63, 3.8) is 0 Å². The molecule has 1 aliphatic rings. The quantitative estimate of drug-likeness (QED) is 0.702. The molecule has 0 amide bonds. The first-order valence-corrected chi connectivity index (χ1v) is 14.0. The van der Waals surface area contributed by atoms with Crippen LogP contribution >= 0.6 is 0 Å². The van der Waals surface area contributed by atoms with Crippen LogP contribution in [-0.4, -0.2) is 24.4 Å². The maximum absolute atomic E-state index is 5.78. The molecule has 1 aliphatic carbocycles. The van der Waals surface area contributed by atoms with Crippen LogP contribution in [0.4, 0.5) is 0 Å². The molecule has 1 rings (SSSR count). The van der Waals surface area contributed by atoms with Gasteiger partial charge < -0.3 is 0 Å². The molecule has 0 saturated heterocycles. The van der Waals surface area contributed by atoms with Crippen molar-refractivity contribution in [1.82, 2.24) is 0 Å². The third-order valence-corrected chi connectivity index (χ3v) is 8.81. The van der Waals surface area contributed by atoms with E-state index in [1.165, 1.54) is 12.8 Å². The van der Waals surface area contributed by atoms with Gasteiger partial charge in [-0.05, 0) is 0 Å². The summed E-state index contributed by atoms with van der Waals surface area (Å²) in [5, 5.41) is 0. The molecule has 0 radical (unpaired) electrons. The van der Waals surface area contributed by atoms with Crippen LogP contribution in [0.5, 0.6) is 0 Å². The third-order valence-electron chi connectivity index (χ3n) is 2.13. The molecule has 0 aromatic heterocycles. The van der Waals surface area contributed by atoms with Gasteiger partial charge >= 0.3 is 67.5 Å². The van der Waals surface area contributed by atoms with Gasteiger partial charge in [0.25, 0.3) is 0 Å².